The molecule has 0 fully saturated rings. The van der Waals surface area contributed by atoms with Gasteiger partial charge in [-0.25, -0.2) is 4.68 Å². The zero-order valence-corrected chi connectivity index (χ0v) is 7.17. The van der Waals surface area contributed by atoms with Gasteiger partial charge in [-0.1, -0.05) is 13.8 Å². The molecule has 0 aromatic carbocycles. The molecule has 0 radical (unpaired) electrons. The van der Waals surface area contributed by atoms with Crippen LogP contribution >= 0.6 is 0 Å². The molecule has 1 heterocycles. The van der Waals surface area contributed by atoms with Crippen LogP contribution in [-0.4, -0.2) is 9.78 Å². The zero-order chi connectivity index (χ0) is 9.14. The molecule has 0 spiro atoms. The summed E-state index contributed by atoms with van der Waals surface area (Å²) >= 11 is 0. The minimum Gasteiger partial charge on any atom is -0.211 e. The van der Waals surface area contributed by atoms with E-state index in [0.717, 1.165) is 12.1 Å². The third-order valence-electron chi connectivity index (χ3n) is 1.48. The van der Waals surface area contributed by atoms with Crippen LogP contribution in [0.4, 0.5) is 8.78 Å². The van der Waals surface area contributed by atoms with Gasteiger partial charge >= 0.3 is 6.55 Å². The molecular formula is C8H12F2N2. The first-order chi connectivity index (χ1) is 5.59. The highest BCUT2D eigenvalue weighted by atomic mass is 19.3. The van der Waals surface area contributed by atoms with Gasteiger partial charge in [-0.15, -0.1) is 0 Å². The van der Waals surface area contributed by atoms with Gasteiger partial charge in [0.05, 0.1) is 5.69 Å². The summed E-state index contributed by atoms with van der Waals surface area (Å²) in [4.78, 5) is 0. The Kier molecular flexibility index (Phi) is 2.78. The van der Waals surface area contributed by atoms with E-state index in [1.54, 1.807) is 6.07 Å². The Balaban J connectivity index is 2.64. The average Bonchev–Trinajstić information content (AvgIpc) is 2.34. The summed E-state index contributed by atoms with van der Waals surface area (Å²) in [6, 6.07) is 1.63. The minimum atomic E-state index is -2.52. The molecule has 0 saturated carbocycles. The SMILES string of the molecule is CC(C)Cc1ccn(C(F)F)n1. The summed E-state index contributed by atoms with van der Waals surface area (Å²) in [6.07, 6.45) is 2.06. The van der Waals surface area contributed by atoms with Crippen LogP contribution in [0.5, 0.6) is 0 Å². The van der Waals surface area contributed by atoms with Crippen LogP contribution in [0, 0.1) is 5.92 Å². The fourth-order valence-corrected chi connectivity index (χ4v) is 1.01. The number of aromatic nitrogens is 2. The van der Waals surface area contributed by atoms with E-state index in [-0.39, 0.29) is 0 Å². The van der Waals surface area contributed by atoms with E-state index >= 15 is 0 Å². The van der Waals surface area contributed by atoms with E-state index in [9.17, 15) is 8.78 Å². The smallest absolute Gasteiger partial charge is 0.211 e. The number of hydrogen-bond acceptors (Lipinski definition) is 1. The molecule has 4 heteroatoms. The second kappa shape index (κ2) is 3.65. The number of nitrogens with zero attached hydrogens (tertiary/aromatic N) is 2. The number of alkyl halides is 2. The summed E-state index contributed by atoms with van der Waals surface area (Å²) < 4.78 is 24.7. The summed E-state index contributed by atoms with van der Waals surface area (Å²) in [7, 11) is 0. The van der Waals surface area contributed by atoms with E-state index < -0.39 is 6.55 Å². The number of halogens is 2. The maximum Gasteiger partial charge on any atom is 0.333 e. The van der Waals surface area contributed by atoms with Crippen molar-refractivity contribution in [2.75, 3.05) is 0 Å². The summed E-state index contributed by atoms with van der Waals surface area (Å²) in [5, 5.41) is 3.72. The van der Waals surface area contributed by atoms with Crippen molar-refractivity contribution in [2.45, 2.75) is 26.8 Å². The summed E-state index contributed by atoms with van der Waals surface area (Å²) in [5.41, 5.74) is 0.727. The second-order valence-corrected chi connectivity index (χ2v) is 3.16. The molecule has 0 atom stereocenters. The van der Waals surface area contributed by atoms with Crippen LogP contribution < -0.4 is 0 Å². The van der Waals surface area contributed by atoms with Gasteiger partial charge in [-0.3, -0.25) is 0 Å². The maximum absolute atomic E-state index is 12.0. The van der Waals surface area contributed by atoms with Crippen molar-refractivity contribution in [3.8, 4) is 0 Å². The molecule has 1 rings (SSSR count). The molecule has 0 aliphatic rings. The molecule has 1 aromatic heterocycles. The van der Waals surface area contributed by atoms with E-state index in [0.29, 0.717) is 10.6 Å². The molecule has 0 amide bonds. The van der Waals surface area contributed by atoms with Crippen LogP contribution in [0.3, 0.4) is 0 Å². The maximum atomic E-state index is 12.0. The van der Waals surface area contributed by atoms with Crippen molar-refractivity contribution in [2.24, 2.45) is 5.92 Å². The molecule has 68 valence electrons. The van der Waals surface area contributed by atoms with Crippen molar-refractivity contribution in [3.63, 3.8) is 0 Å². The van der Waals surface area contributed by atoms with Crippen molar-refractivity contribution in [1.82, 2.24) is 9.78 Å². The van der Waals surface area contributed by atoms with Crippen LogP contribution in [0.1, 0.15) is 26.1 Å². The molecule has 2 nitrogen and oxygen atoms in total. The van der Waals surface area contributed by atoms with Gasteiger partial charge < -0.3 is 0 Å². The first-order valence-electron chi connectivity index (χ1n) is 3.91. The quantitative estimate of drug-likeness (QED) is 0.688. The lowest BCUT2D eigenvalue weighted by Gasteiger charge is -2.00. The molecule has 12 heavy (non-hydrogen) atoms. The molecule has 0 N–H and O–H groups in total. The molecule has 0 bridgehead atoms. The van der Waals surface area contributed by atoms with E-state index in [1.807, 2.05) is 13.8 Å². The Hall–Kier alpha value is -0.930. The van der Waals surface area contributed by atoms with Gasteiger partial charge in [-0.05, 0) is 18.4 Å². The van der Waals surface area contributed by atoms with E-state index in [2.05, 4.69) is 5.10 Å². The van der Waals surface area contributed by atoms with Crippen LogP contribution in [-0.2, 0) is 6.42 Å². The van der Waals surface area contributed by atoms with Crippen molar-refractivity contribution >= 4 is 0 Å². The summed E-state index contributed by atoms with van der Waals surface area (Å²) in [5.74, 6) is 0.450. The first kappa shape index (κ1) is 9.16. The van der Waals surface area contributed by atoms with Crippen LogP contribution in [0.25, 0.3) is 0 Å². The third-order valence-corrected chi connectivity index (χ3v) is 1.48. The Morgan fingerprint density at radius 3 is 2.58 bits per heavy atom. The third kappa shape index (κ3) is 2.29. The van der Waals surface area contributed by atoms with Gasteiger partial charge in [0.2, 0.25) is 0 Å². The molecule has 0 unspecified atom stereocenters. The number of hydrogen-bond donors (Lipinski definition) is 0. The molecule has 0 aliphatic carbocycles. The predicted molar refractivity (Wildman–Crippen MR) is 42.0 cm³/mol. The predicted octanol–water partition coefficient (Wildman–Crippen LogP) is 2.48. The van der Waals surface area contributed by atoms with E-state index in [4.69, 9.17) is 0 Å². The normalized spacial score (nSPS) is 11.5. The minimum absolute atomic E-state index is 0.450. The highest BCUT2D eigenvalue weighted by Crippen LogP contribution is 2.11. The Morgan fingerprint density at radius 2 is 2.17 bits per heavy atom. The van der Waals surface area contributed by atoms with Gasteiger partial charge in [0.15, 0.2) is 0 Å². The summed E-state index contributed by atoms with van der Waals surface area (Å²) in [6.45, 7) is 1.54. The second-order valence-electron chi connectivity index (χ2n) is 3.16. The molecular weight excluding hydrogens is 162 g/mol. The Labute approximate surface area is 70.2 Å². The van der Waals surface area contributed by atoms with Crippen molar-refractivity contribution in [1.29, 1.82) is 0 Å². The molecule has 1 aromatic rings. The van der Waals surface area contributed by atoms with Gasteiger partial charge in [0, 0.05) is 6.20 Å². The van der Waals surface area contributed by atoms with Crippen LogP contribution in [0.2, 0.25) is 0 Å². The zero-order valence-electron chi connectivity index (χ0n) is 7.17. The molecule has 0 aliphatic heterocycles. The standard InChI is InChI=1S/C8H12F2N2/c1-6(2)5-7-3-4-12(11-7)8(9)10/h3-4,6,8H,5H2,1-2H3. The lowest BCUT2D eigenvalue weighted by molar-refractivity contribution is 0.0561. The van der Waals surface area contributed by atoms with Gasteiger partial charge in [0.25, 0.3) is 0 Å². The van der Waals surface area contributed by atoms with Crippen molar-refractivity contribution < 1.29 is 8.78 Å². The molecule has 0 saturated heterocycles. The number of rotatable bonds is 3. The Bertz CT molecular complexity index is 243. The van der Waals surface area contributed by atoms with Gasteiger partial charge in [0.1, 0.15) is 0 Å². The monoisotopic (exact) mass is 174 g/mol. The van der Waals surface area contributed by atoms with Crippen LogP contribution in [0.15, 0.2) is 12.3 Å². The van der Waals surface area contributed by atoms with E-state index in [1.165, 1.54) is 6.20 Å². The highest BCUT2D eigenvalue weighted by molar-refractivity contribution is 4.99. The van der Waals surface area contributed by atoms with Gasteiger partial charge in [-0.2, -0.15) is 13.9 Å². The lowest BCUT2D eigenvalue weighted by atomic mass is 10.1. The van der Waals surface area contributed by atoms with Crippen molar-refractivity contribution in [3.05, 3.63) is 18.0 Å². The Morgan fingerprint density at radius 1 is 1.50 bits per heavy atom. The average molecular weight is 174 g/mol. The largest absolute Gasteiger partial charge is 0.333 e. The lowest BCUT2D eigenvalue weighted by Crippen LogP contribution is -2.01. The fourth-order valence-electron chi connectivity index (χ4n) is 1.01. The fraction of sp³-hybridized carbons (Fsp3) is 0.625. The first-order valence-corrected chi connectivity index (χ1v) is 3.91. The highest BCUT2D eigenvalue weighted by Gasteiger charge is 2.07. The topological polar surface area (TPSA) is 17.8 Å².